The third-order valence-electron chi connectivity index (χ3n) is 4.83. The van der Waals surface area contributed by atoms with Gasteiger partial charge in [0.25, 0.3) is 0 Å². The van der Waals surface area contributed by atoms with E-state index in [-0.39, 0.29) is 0 Å². The van der Waals surface area contributed by atoms with Gasteiger partial charge in [0.15, 0.2) is 11.5 Å². The van der Waals surface area contributed by atoms with Crippen LogP contribution in [0.4, 0.5) is 5.82 Å². The minimum atomic E-state index is 0.525. The number of anilines is 1. The van der Waals surface area contributed by atoms with E-state index < -0.39 is 0 Å². The zero-order chi connectivity index (χ0) is 21.4. The molecule has 0 radical (unpaired) electrons. The third kappa shape index (κ3) is 3.97. The first-order chi connectivity index (χ1) is 15.1. The minimum absolute atomic E-state index is 0.525. The highest BCUT2D eigenvalue weighted by Gasteiger charge is 2.14. The zero-order valence-electron chi connectivity index (χ0n) is 16.5. The van der Waals surface area contributed by atoms with Crippen molar-refractivity contribution in [1.82, 2.24) is 29.4 Å². The first-order valence-corrected chi connectivity index (χ1v) is 10.3. The van der Waals surface area contributed by atoms with Gasteiger partial charge in [-0.25, -0.2) is 19.2 Å². The molecule has 154 valence electrons. The summed E-state index contributed by atoms with van der Waals surface area (Å²) in [6, 6.07) is 17.3. The number of hydrogen-bond acceptors (Lipinski definition) is 5. The standard InChI is InChI=1S/C22H17Cl2N7/c1-14-3-2-4-22(28-14)31-19(16-6-8-21-26-13-27-30(21)12-16)10-20(29-31)25-11-15-5-7-17(23)18(24)9-15/h2-10,12-13H,11H2,1H3,(H,25,29). The Bertz CT molecular complexity index is 1390. The van der Waals surface area contributed by atoms with Gasteiger partial charge in [-0.3, -0.25) is 0 Å². The van der Waals surface area contributed by atoms with E-state index in [0.29, 0.717) is 22.4 Å². The second kappa shape index (κ2) is 8.02. The van der Waals surface area contributed by atoms with Crippen LogP contribution in [0, 0.1) is 6.92 Å². The average Bonchev–Trinajstić information content (AvgIpc) is 3.41. The molecule has 4 heterocycles. The molecule has 1 N–H and O–H groups in total. The smallest absolute Gasteiger partial charge is 0.155 e. The quantitative estimate of drug-likeness (QED) is 0.398. The first-order valence-electron chi connectivity index (χ1n) is 9.58. The summed E-state index contributed by atoms with van der Waals surface area (Å²) >= 11 is 12.2. The number of benzene rings is 1. The van der Waals surface area contributed by atoms with Gasteiger partial charge in [0.1, 0.15) is 12.1 Å². The summed E-state index contributed by atoms with van der Waals surface area (Å²) < 4.78 is 3.56. The van der Waals surface area contributed by atoms with Crippen molar-refractivity contribution in [1.29, 1.82) is 0 Å². The Kier molecular flexibility index (Phi) is 5.05. The summed E-state index contributed by atoms with van der Waals surface area (Å²) in [4.78, 5) is 8.85. The van der Waals surface area contributed by atoms with Gasteiger partial charge >= 0.3 is 0 Å². The van der Waals surface area contributed by atoms with Gasteiger partial charge in [0.05, 0.1) is 15.7 Å². The lowest BCUT2D eigenvalue weighted by Gasteiger charge is -2.07. The Morgan fingerprint density at radius 3 is 2.74 bits per heavy atom. The first kappa shape index (κ1) is 19.5. The van der Waals surface area contributed by atoms with Gasteiger partial charge in [0.2, 0.25) is 0 Å². The lowest BCUT2D eigenvalue weighted by atomic mass is 10.2. The molecular weight excluding hydrogens is 433 g/mol. The van der Waals surface area contributed by atoms with Gasteiger partial charge < -0.3 is 5.32 Å². The number of rotatable bonds is 5. The van der Waals surface area contributed by atoms with Crippen LogP contribution < -0.4 is 5.32 Å². The Hall–Kier alpha value is -3.42. The van der Waals surface area contributed by atoms with E-state index in [1.165, 1.54) is 6.33 Å². The number of fused-ring (bicyclic) bond motifs is 1. The maximum Gasteiger partial charge on any atom is 0.155 e. The Morgan fingerprint density at radius 2 is 1.90 bits per heavy atom. The number of aryl methyl sites for hydroxylation is 1. The molecule has 0 atom stereocenters. The van der Waals surface area contributed by atoms with Crippen molar-refractivity contribution in [3.05, 3.63) is 88.4 Å². The monoisotopic (exact) mass is 449 g/mol. The molecule has 0 amide bonds. The van der Waals surface area contributed by atoms with Crippen LogP contribution in [0.2, 0.25) is 10.0 Å². The minimum Gasteiger partial charge on any atom is -0.364 e. The van der Waals surface area contributed by atoms with Crippen molar-refractivity contribution in [3.8, 4) is 17.1 Å². The average molecular weight is 450 g/mol. The maximum atomic E-state index is 6.14. The van der Waals surface area contributed by atoms with E-state index in [4.69, 9.17) is 28.3 Å². The summed E-state index contributed by atoms with van der Waals surface area (Å²) in [5.41, 5.74) is 4.52. The van der Waals surface area contributed by atoms with E-state index in [2.05, 4.69) is 20.4 Å². The predicted molar refractivity (Wildman–Crippen MR) is 122 cm³/mol. The largest absolute Gasteiger partial charge is 0.364 e. The van der Waals surface area contributed by atoms with Crippen molar-refractivity contribution in [2.75, 3.05) is 5.32 Å². The third-order valence-corrected chi connectivity index (χ3v) is 5.57. The molecule has 5 aromatic rings. The molecule has 0 bridgehead atoms. The van der Waals surface area contributed by atoms with Crippen molar-refractivity contribution in [3.63, 3.8) is 0 Å². The molecule has 1 aromatic carbocycles. The Balaban J connectivity index is 1.53. The molecule has 9 heteroatoms. The Labute approximate surface area is 188 Å². The van der Waals surface area contributed by atoms with Gasteiger partial charge in [-0.2, -0.15) is 5.10 Å². The summed E-state index contributed by atoms with van der Waals surface area (Å²) in [6.07, 6.45) is 3.46. The number of halogens is 2. The predicted octanol–water partition coefficient (Wildman–Crippen LogP) is 5.20. The van der Waals surface area contributed by atoms with Crippen molar-refractivity contribution < 1.29 is 0 Å². The van der Waals surface area contributed by atoms with Gasteiger partial charge in [-0.05, 0) is 48.9 Å². The summed E-state index contributed by atoms with van der Waals surface area (Å²) in [5, 5.41) is 13.4. The molecule has 0 aliphatic rings. The lowest BCUT2D eigenvalue weighted by Crippen LogP contribution is -2.04. The summed E-state index contributed by atoms with van der Waals surface area (Å²) in [6.45, 7) is 2.51. The number of nitrogens with zero attached hydrogens (tertiary/aromatic N) is 6. The van der Waals surface area contributed by atoms with Crippen LogP contribution >= 0.6 is 23.2 Å². The number of nitrogens with one attached hydrogen (secondary N) is 1. The molecule has 5 rings (SSSR count). The van der Waals surface area contributed by atoms with E-state index in [1.54, 1.807) is 10.6 Å². The molecule has 0 saturated carbocycles. The van der Waals surface area contributed by atoms with Gasteiger partial charge in [-0.15, -0.1) is 5.10 Å². The van der Waals surface area contributed by atoms with Crippen LogP contribution in [-0.4, -0.2) is 29.4 Å². The summed E-state index contributed by atoms with van der Waals surface area (Å²) in [7, 11) is 0. The molecule has 4 aromatic heterocycles. The normalized spacial score (nSPS) is 11.2. The zero-order valence-corrected chi connectivity index (χ0v) is 18.0. The van der Waals surface area contributed by atoms with E-state index in [9.17, 15) is 0 Å². The van der Waals surface area contributed by atoms with Gasteiger partial charge in [0, 0.05) is 30.1 Å². The fraction of sp³-hybridized carbons (Fsp3) is 0.0909. The van der Waals surface area contributed by atoms with E-state index >= 15 is 0 Å². The molecule has 0 fully saturated rings. The highest BCUT2D eigenvalue weighted by molar-refractivity contribution is 6.42. The van der Waals surface area contributed by atoms with Crippen LogP contribution in [0.1, 0.15) is 11.3 Å². The van der Waals surface area contributed by atoms with Crippen LogP contribution in [0.25, 0.3) is 22.7 Å². The van der Waals surface area contributed by atoms with Crippen LogP contribution in [0.5, 0.6) is 0 Å². The molecule has 7 nitrogen and oxygen atoms in total. The van der Waals surface area contributed by atoms with Crippen molar-refractivity contribution in [2.45, 2.75) is 13.5 Å². The number of aromatic nitrogens is 6. The highest BCUT2D eigenvalue weighted by Crippen LogP contribution is 2.27. The summed E-state index contributed by atoms with van der Waals surface area (Å²) in [5.74, 6) is 1.44. The molecular formula is C22H17Cl2N7. The fourth-order valence-electron chi connectivity index (χ4n) is 3.30. The molecule has 0 spiro atoms. The molecule has 31 heavy (non-hydrogen) atoms. The highest BCUT2D eigenvalue weighted by atomic mass is 35.5. The molecule has 0 aliphatic heterocycles. The topological polar surface area (TPSA) is 72.9 Å². The molecule has 0 saturated heterocycles. The Morgan fingerprint density at radius 1 is 1.00 bits per heavy atom. The van der Waals surface area contributed by atoms with Crippen molar-refractivity contribution in [2.24, 2.45) is 0 Å². The maximum absolute atomic E-state index is 6.14. The fourth-order valence-corrected chi connectivity index (χ4v) is 3.63. The van der Waals surface area contributed by atoms with Crippen molar-refractivity contribution >= 4 is 34.7 Å². The molecule has 0 aliphatic carbocycles. The molecule has 0 unspecified atom stereocenters. The second-order valence-corrected chi connectivity index (χ2v) is 7.86. The number of pyridine rings is 2. The van der Waals surface area contributed by atoms with E-state index in [1.807, 2.05) is 66.3 Å². The van der Waals surface area contributed by atoms with Gasteiger partial charge in [-0.1, -0.05) is 35.3 Å². The van der Waals surface area contributed by atoms with E-state index in [0.717, 1.165) is 34.0 Å². The van der Waals surface area contributed by atoms with Crippen LogP contribution in [-0.2, 0) is 6.54 Å². The SMILES string of the molecule is Cc1cccc(-n2nc(NCc3ccc(Cl)c(Cl)c3)cc2-c2ccc3ncnn3c2)n1. The second-order valence-electron chi connectivity index (χ2n) is 7.05. The number of hydrogen-bond donors (Lipinski definition) is 1. The van der Waals surface area contributed by atoms with Crippen LogP contribution in [0.15, 0.2) is 67.1 Å². The lowest BCUT2D eigenvalue weighted by molar-refractivity contribution is 0.844. The van der Waals surface area contributed by atoms with Crippen LogP contribution in [0.3, 0.4) is 0 Å².